The molecule has 1 saturated carbocycles. The van der Waals surface area contributed by atoms with Crippen molar-refractivity contribution in [3.05, 3.63) is 29.3 Å². The largest absolute Gasteiger partial charge is 0.497 e. The molecule has 0 amide bonds. The van der Waals surface area contributed by atoms with Crippen molar-refractivity contribution in [2.24, 2.45) is 5.92 Å². The van der Waals surface area contributed by atoms with Gasteiger partial charge in [-0.1, -0.05) is 32.1 Å². The van der Waals surface area contributed by atoms with Crippen LogP contribution in [0.3, 0.4) is 0 Å². The number of methoxy groups -OCH3 is 1. The van der Waals surface area contributed by atoms with Crippen LogP contribution >= 0.6 is 0 Å². The number of halogens is 2. The second-order valence-electron chi connectivity index (χ2n) is 5.43. The van der Waals surface area contributed by atoms with E-state index in [1.165, 1.54) is 26.4 Å². The molecule has 0 saturated heterocycles. The highest BCUT2D eigenvalue weighted by Gasteiger charge is 2.21. The number of hydrogen-bond acceptors (Lipinski definition) is 2. The fourth-order valence-corrected chi connectivity index (χ4v) is 2.87. The van der Waals surface area contributed by atoms with Crippen molar-refractivity contribution in [3.63, 3.8) is 0 Å². The quantitative estimate of drug-likeness (QED) is 0.742. The molecule has 2 nitrogen and oxygen atoms in total. The van der Waals surface area contributed by atoms with Gasteiger partial charge in [-0.2, -0.15) is 0 Å². The lowest BCUT2D eigenvalue weighted by Gasteiger charge is -2.21. The Morgan fingerprint density at radius 3 is 2.35 bits per heavy atom. The fourth-order valence-electron chi connectivity index (χ4n) is 2.87. The Hall–Kier alpha value is -1.45. The fraction of sp³-hybridized carbons (Fsp3) is 0.562. The van der Waals surface area contributed by atoms with Gasteiger partial charge in [-0.15, -0.1) is 0 Å². The minimum atomic E-state index is -0.838. The second kappa shape index (κ2) is 6.82. The van der Waals surface area contributed by atoms with Gasteiger partial charge in [0.1, 0.15) is 17.4 Å². The maximum absolute atomic E-state index is 13.8. The molecule has 1 aliphatic rings. The molecule has 0 atom stereocenters. The van der Waals surface area contributed by atoms with Crippen LogP contribution in [0.25, 0.3) is 0 Å². The molecule has 0 radical (unpaired) electrons. The lowest BCUT2D eigenvalue weighted by Crippen LogP contribution is -2.11. The molecule has 2 rings (SSSR count). The summed E-state index contributed by atoms with van der Waals surface area (Å²) in [5.41, 5.74) is -0.429. The zero-order valence-corrected chi connectivity index (χ0v) is 11.8. The third-order valence-corrected chi connectivity index (χ3v) is 4.03. The van der Waals surface area contributed by atoms with Crippen LogP contribution in [-0.2, 0) is 0 Å². The first-order valence-electron chi connectivity index (χ1n) is 7.18. The summed E-state index contributed by atoms with van der Waals surface area (Å²) in [6, 6.07) is 2.11. The summed E-state index contributed by atoms with van der Waals surface area (Å²) in [6.45, 7) is 0. The number of Topliss-reactive ketones (excluding diaryl/α,β-unsaturated/α-hetero) is 1. The van der Waals surface area contributed by atoms with Crippen LogP contribution in [0.5, 0.6) is 5.75 Å². The van der Waals surface area contributed by atoms with Crippen LogP contribution in [0.2, 0.25) is 0 Å². The Bertz CT molecular complexity index is 456. The van der Waals surface area contributed by atoms with E-state index >= 15 is 0 Å². The van der Waals surface area contributed by atoms with Crippen molar-refractivity contribution >= 4 is 5.78 Å². The number of ketones is 1. The number of benzene rings is 1. The molecule has 110 valence electrons. The minimum Gasteiger partial charge on any atom is -0.497 e. The lowest BCUT2D eigenvalue weighted by atomic mass is 9.85. The summed E-state index contributed by atoms with van der Waals surface area (Å²) in [4.78, 5) is 12.0. The Morgan fingerprint density at radius 2 is 1.80 bits per heavy atom. The van der Waals surface area contributed by atoms with E-state index < -0.39 is 23.0 Å². The van der Waals surface area contributed by atoms with Crippen molar-refractivity contribution in [1.29, 1.82) is 0 Å². The molecule has 4 heteroatoms. The predicted molar refractivity (Wildman–Crippen MR) is 73.0 cm³/mol. The number of hydrogen-bond donors (Lipinski definition) is 0. The van der Waals surface area contributed by atoms with E-state index in [9.17, 15) is 13.6 Å². The average molecular weight is 282 g/mol. The monoisotopic (exact) mass is 282 g/mol. The van der Waals surface area contributed by atoms with Crippen LogP contribution in [0.15, 0.2) is 12.1 Å². The second-order valence-corrected chi connectivity index (χ2v) is 5.43. The molecule has 0 unspecified atom stereocenters. The third kappa shape index (κ3) is 3.56. The van der Waals surface area contributed by atoms with Gasteiger partial charge >= 0.3 is 0 Å². The molecule has 20 heavy (non-hydrogen) atoms. The van der Waals surface area contributed by atoms with Gasteiger partial charge in [0.15, 0.2) is 5.78 Å². The summed E-state index contributed by atoms with van der Waals surface area (Å²) in [5, 5.41) is 0. The van der Waals surface area contributed by atoms with Gasteiger partial charge in [-0.3, -0.25) is 4.79 Å². The van der Waals surface area contributed by atoms with Gasteiger partial charge in [0.05, 0.1) is 12.7 Å². The standard InChI is InChI=1S/C16H20F2O2/c1-20-12-9-13(17)16(14(18)10-12)15(19)8-7-11-5-3-2-4-6-11/h9-11H,2-8H2,1H3. The van der Waals surface area contributed by atoms with Crippen LogP contribution in [-0.4, -0.2) is 12.9 Å². The summed E-state index contributed by atoms with van der Waals surface area (Å²) >= 11 is 0. The molecule has 0 bridgehead atoms. The molecule has 1 aromatic rings. The highest BCUT2D eigenvalue weighted by Crippen LogP contribution is 2.29. The molecule has 0 heterocycles. The average Bonchev–Trinajstić information content (AvgIpc) is 2.45. The molecular weight excluding hydrogens is 262 g/mol. The van der Waals surface area contributed by atoms with Gasteiger partial charge in [-0.25, -0.2) is 8.78 Å². The molecule has 1 aromatic carbocycles. The van der Waals surface area contributed by atoms with Crippen molar-refractivity contribution in [1.82, 2.24) is 0 Å². The normalized spacial score (nSPS) is 16.1. The van der Waals surface area contributed by atoms with Crippen molar-refractivity contribution < 1.29 is 18.3 Å². The Balaban J connectivity index is 2.01. The lowest BCUT2D eigenvalue weighted by molar-refractivity contribution is 0.0962. The Labute approximate surface area is 118 Å². The number of ether oxygens (including phenoxy) is 1. The van der Waals surface area contributed by atoms with Gasteiger partial charge in [0.2, 0.25) is 0 Å². The van der Waals surface area contributed by atoms with E-state index in [2.05, 4.69) is 0 Å². The van der Waals surface area contributed by atoms with E-state index in [4.69, 9.17) is 4.74 Å². The summed E-state index contributed by atoms with van der Waals surface area (Å²) in [6.07, 6.45) is 6.84. The Morgan fingerprint density at radius 1 is 1.20 bits per heavy atom. The summed E-state index contributed by atoms with van der Waals surface area (Å²) in [7, 11) is 1.33. The van der Waals surface area contributed by atoms with Gasteiger partial charge in [0, 0.05) is 18.6 Å². The summed E-state index contributed by atoms with van der Waals surface area (Å²) < 4.78 is 32.3. The molecule has 1 aliphatic carbocycles. The SMILES string of the molecule is COc1cc(F)c(C(=O)CCC2CCCCC2)c(F)c1. The Kier molecular flexibility index (Phi) is 5.10. The molecule has 0 aromatic heterocycles. The highest BCUT2D eigenvalue weighted by molar-refractivity contribution is 5.96. The van der Waals surface area contributed by atoms with E-state index in [1.54, 1.807) is 0 Å². The van der Waals surface area contributed by atoms with Crippen LogP contribution in [0, 0.1) is 17.6 Å². The highest BCUT2D eigenvalue weighted by atomic mass is 19.1. The zero-order valence-electron chi connectivity index (χ0n) is 11.8. The molecule has 0 aliphatic heterocycles. The smallest absolute Gasteiger partial charge is 0.168 e. The molecule has 0 N–H and O–H groups in total. The van der Waals surface area contributed by atoms with E-state index in [0.29, 0.717) is 5.92 Å². The zero-order chi connectivity index (χ0) is 14.5. The number of carbonyl (C=O) groups excluding carboxylic acids is 1. The van der Waals surface area contributed by atoms with Crippen molar-refractivity contribution in [3.8, 4) is 5.75 Å². The van der Waals surface area contributed by atoms with E-state index in [-0.39, 0.29) is 12.2 Å². The van der Waals surface area contributed by atoms with E-state index in [1.807, 2.05) is 0 Å². The summed E-state index contributed by atoms with van der Waals surface area (Å²) in [5.74, 6) is -1.51. The first kappa shape index (κ1) is 14.9. The first-order valence-corrected chi connectivity index (χ1v) is 7.18. The molecule has 1 fully saturated rings. The van der Waals surface area contributed by atoms with E-state index in [0.717, 1.165) is 31.4 Å². The molecular formula is C16H20F2O2. The topological polar surface area (TPSA) is 26.3 Å². The van der Waals surface area contributed by atoms with Crippen LogP contribution in [0.1, 0.15) is 55.3 Å². The maximum atomic E-state index is 13.8. The van der Waals surface area contributed by atoms with Crippen molar-refractivity contribution in [2.75, 3.05) is 7.11 Å². The predicted octanol–water partition coefficient (Wildman–Crippen LogP) is 4.52. The van der Waals surface area contributed by atoms with Gasteiger partial charge in [-0.05, 0) is 12.3 Å². The molecule has 0 spiro atoms. The maximum Gasteiger partial charge on any atom is 0.168 e. The van der Waals surface area contributed by atoms with Crippen LogP contribution < -0.4 is 4.74 Å². The minimum absolute atomic E-state index is 0.0869. The number of carbonyl (C=O) groups is 1. The van der Waals surface area contributed by atoms with Crippen molar-refractivity contribution in [2.45, 2.75) is 44.9 Å². The van der Waals surface area contributed by atoms with Gasteiger partial charge in [0.25, 0.3) is 0 Å². The van der Waals surface area contributed by atoms with Crippen LogP contribution in [0.4, 0.5) is 8.78 Å². The third-order valence-electron chi connectivity index (χ3n) is 4.03. The van der Waals surface area contributed by atoms with Gasteiger partial charge < -0.3 is 4.74 Å². The first-order chi connectivity index (χ1) is 9.61. The number of rotatable bonds is 5.